The van der Waals surface area contributed by atoms with E-state index in [0.717, 1.165) is 11.1 Å². The van der Waals surface area contributed by atoms with Crippen molar-refractivity contribution in [3.8, 4) is 0 Å². The Kier molecular flexibility index (Phi) is 6.58. The summed E-state index contributed by atoms with van der Waals surface area (Å²) in [6.07, 6.45) is 4.17. The average molecular weight is 323 g/mol. The Morgan fingerprint density at radius 1 is 1.00 bits per heavy atom. The molecule has 0 bridgehead atoms. The second-order valence-corrected chi connectivity index (χ2v) is 5.19. The first kappa shape index (κ1) is 17.3. The van der Waals surface area contributed by atoms with E-state index < -0.39 is 0 Å². The lowest BCUT2D eigenvalue weighted by Crippen LogP contribution is -2.28. The lowest BCUT2D eigenvalue weighted by molar-refractivity contribution is -0.119. The molecule has 3 amide bonds. The molecule has 124 valence electrons. The molecule has 0 spiro atoms. The molecule has 0 aliphatic heterocycles. The molecule has 0 aliphatic rings. The number of nitrogens with one attached hydrogen (secondary N) is 3. The van der Waals surface area contributed by atoms with Crippen LogP contribution < -0.4 is 16.0 Å². The van der Waals surface area contributed by atoms with Crippen molar-refractivity contribution in [2.24, 2.45) is 0 Å². The molecule has 0 radical (unpaired) electrons. The van der Waals surface area contributed by atoms with Crippen LogP contribution in [0.25, 0.3) is 6.08 Å². The first-order chi connectivity index (χ1) is 11.7. The molecule has 3 N–H and O–H groups in total. The van der Waals surface area contributed by atoms with Gasteiger partial charge in [-0.2, -0.15) is 0 Å². The first-order valence-electron chi connectivity index (χ1n) is 7.73. The van der Waals surface area contributed by atoms with Crippen LogP contribution in [0.4, 0.5) is 10.5 Å². The van der Waals surface area contributed by atoms with E-state index in [2.05, 4.69) is 16.0 Å². The molecule has 0 atom stereocenters. The van der Waals surface area contributed by atoms with E-state index in [-0.39, 0.29) is 11.9 Å². The molecule has 5 heteroatoms. The average Bonchev–Trinajstić information content (AvgIpc) is 2.61. The number of rotatable bonds is 6. The Hall–Kier alpha value is -3.08. The number of carbonyl (C=O) groups is 2. The molecule has 2 aromatic carbocycles. The van der Waals surface area contributed by atoms with Crippen LogP contribution in [0.5, 0.6) is 0 Å². The fourth-order valence-corrected chi connectivity index (χ4v) is 2.07. The van der Waals surface area contributed by atoms with Gasteiger partial charge < -0.3 is 16.0 Å². The number of amides is 3. The zero-order chi connectivity index (χ0) is 17.2. The molecule has 0 heterocycles. The number of anilines is 1. The Morgan fingerprint density at radius 2 is 1.71 bits per heavy atom. The van der Waals surface area contributed by atoms with E-state index in [1.165, 1.54) is 0 Å². The van der Waals surface area contributed by atoms with Crippen LogP contribution >= 0.6 is 0 Å². The highest BCUT2D eigenvalue weighted by Gasteiger charge is 2.03. The number of carbonyl (C=O) groups excluding carboxylic acids is 2. The van der Waals surface area contributed by atoms with Crippen molar-refractivity contribution in [1.29, 1.82) is 0 Å². The molecule has 2 aromatic rings. The lowest BCUT2D eigenvalue weighted by atomic mass is 10.1. The van der Waals surface area contributed by atoms with E-state index in [4.69, 9.17) is 0 Å². The van der Waals surface area contributed by atoms with Gasteiger partial charge in [-0.15, -0.1) is 0 Å². The van der Waals surface area contributed by atoms with Gasteiger partial charge in [0.05, 0.1) is 6.42 Å². The van der Waals surface area contributed by atoms with Crippen LogP contribution in [0, 0.1) is 0 Å². The summed E-state index contributed by atoms with van der Waals surface area (Å²) in [4.78, 5) is 23.1. The smallest absolute Gasteiger partial charge is 0.319 e. The minimum absolute atomic E-state index is 0.0429. The summed E-state index contributed by atoms with van der Waals surface area (Å²) in [5.74, 6) is -0.0429. The van der Waals surface area contributed by atoms with E-state index in [1.807, 2.05) is 54.6 Å². The third kappa shape index (κ3) is 5.96. The Balaban J connectivity index is 1.76. The summed E-state index contributed by atoms with van der Waals surface area (Å²) >= 11 is 0. The second kappa shape index (κ2) is 9.15. The Labute approximate surface area is 141 Å². The summed E-state index contributed by atoms with van der Waals surface area (Å²) in [5, 5.41) is 8.08. The molecule has 5 nitrogen and oxygen atoms in total. The normalized spacial score (nSPS) is 10.4. The fraction of sp³-hybridized carbons (Fsp3) is 0.158. The quantitative estimate of drug-likeness (QED) is 0.765. The van der Waals surface area contributed by atoms with Gasteiger partial charge in [-0.3, -0.25) is 4.79 Å². The van der Waals surface area contributed by atoms with Gasteiger partial charge in [0.1, 0.15) is 0 Å². The van der Waals surface area contributed by atoms with Crippen LogP contribution in [-0.4, -0.2) is 25.5 Å². The molecular weight excluding hydrogens is 302 g/mol. The molecule has 0 saturated carbocycles. The van der Waals surface area contributed by atoms with E-state index in [1.54, 1.807) is 19.2 Å². The van der Waals surface area contributed by atoms with Crippen molar-refractivity contribution >= 4 is 23.7 Å². The standard InChI is InChI=1S/C19H21N3O2/c1-20-18(23)14-16-9-11-17(12-10-16)22-19(24)21-13-5-8-15-6-3-2-4-7-15/h2-12H,13-14H2,1H3,(H,20,23)(H2,21,22,24). The maximum atomic E-state index is 11.8. The molecular formula is C19H21N3O2. The highest BCUT2D eigenvalue weighted by molar-refractivity contribution is 5.89. The maximum Gasteiger partial charge on any atom is 0.319 e. The molecule has 0 saturated heterocycles. The third-order valence-corrected chi connectivity index (χ3v) is 3.35. The summed E-state index contributed by atoms with van der Waals surface area (Å²) in [6, 6.07) is 16.8. The first-order valence-corrected chi connectivity index (χ1v) is 7.73. The zero-order valence-corrected chi connectivity index (χ0v) is 13.6. The van der Waals surface area contributed by atoms with E-state index in [9.17, 15) is 9.59 Å². The predicted octanol–water partition coefficient (Wildman–Crippen LogP) is 2.81. The van der Waals surface area contributed by atoms with Gasteiger partial charge in [-0.1, -0.05) is 54.6 Å². The highest BCUT2D eigenvalue weighted by atomic mass is 16.2. The topological polar surface area (TPSA) is 70.2 Å². The van der Waals surface area contributed by atoms with Crippen LogP contribution in [0.2, 0.25) is 0 Å². The second-order valence-electron chi connectivity index (χ2n) is 5.19. The molecule has 0 aromatic heterocycles. The van der Waals surface area contributed by atoms with Crippen LogP contribution in [-0.2, 0) is 11.2 Å². The summed E-state index contributed by atoms with van der Waals surface area (Å²) in [5.41, 5.74) is 2.66. The number of urea groups is 1. The number of benzene rings is 2. The van der Waals surface area contributed by atoms with Crippen molar-refractivity contribution < 1.29 is 9.59 Å². The minimum atomic E-state index is -0.272. The predicted molar refractivity (Wildman–Crippen MR) is 96.7 cm³/mol. The number of hydrogen-bond acceptors (Lipinski definition) is 2. The van der Waals surface area contributed by atoms with Gasteiger partial charge in [0.25, 0.3) is 0 Å². The molecule has 0 aliphatic carbocycles. The van der Waals surface area contributed by atoms with Gasteiger partial charge >= 0.3 is 6.03 Å². The van der Waals surface area contributed by atoms with Crippen LogP contribution in [0.3, 0.4) is 0 Å². The van der Waals surface area contributed by atoms with Gasteiger partial charge in [0, 0.05) is 19.3 Å². The molecule has 2 rings (SSSR count). The number of hydrogen-bond donors (Lipinski definition) is 3. The lowest BCUT2D eigenvalue weighted by Gasteiger charge is -2.07. The van der Waals surface area contributed by atoms with Crippen molar-refractivity contribution in [2.75, 3.05) is 18.9 Å². The van der Waals surface area contributed by atoms with Crippen molar-refractivity contribution in [3.63, 3.8) is 0 Å². The van der Waals surface area contributed by atoms with Gasteiger partial charge in [0.2, 0.25) is 5.91 Å². The van der Waals surface area contributed by atoms with Crippen LogP contribution in [0.15, 0.2) is 60.7 Å². The third-order valence-electron chi connectivity index (χ3n) is 3.35. The fourth-order valence-electron chi connectivity index (χ4n) is 2.07. The summed E-state index contributed by atoms with van der Waals surface area (Å²) < 4.78 is 0. The molecule has 24 heavy (non-hydrogen) atoms. The van der Waals surface area contributed by atoms with Crippen molar-refractivity contribution in [1.82, 2.24) is 10.6 Å². The minimum Gasteiger partial charge on any atom is -0.359 e. The zero-order valence-electron chi connectivity index (χ0n) is 13.6. The Morgan fingerprint density at radius 3 is 2.38 bits per heavy atom. The number of likely N-dealkylation sites (N-methyl/N-ethyl adjacent to an activating group) is 1. The summed E-state index contributed by atoms with van der Waals surface area (Å²) in [7, 11) is 1.61. The highest BCUT2D eigenvalue weighted by Crippen LogP contribution is 2.10. The molecule has 0 unspecified atom stereocenters. The van der Waals surface area contributed by atoms with Crippen molar-refractivity contribution in [2.45, 2.75) is 6.42 Å². The van der Waals surface area contributed by atoms with Crippen LogP contribution in [0.1, 0.15) is 11.1 Å². The maximum absolute atomic E-state index is 11.8. The Bertz CT molecular complexity index is 694. The van der Waals surface area contributed by atoms with Gasteiger partial charge in [-0.05, 0) is 23.3 Å². The van der Waals surface area contributed by atoms with E-state index in [0.29, 0.717) is 18.7 Å². The monoisotopic (exact) mass is 323 g/mol. The largest absolute Gasteiger partial charge is 0.359 e. The SMILES string of the molecule is CNC(=O)Cc1ccc(NC(=O)NCC=Cc2ccccc2)cc1. The van der Waals surface area contributed by atoms with E-state index >= 15 is 0 Å². The van der Waals surface area contributed by atoms with Gasteiger partial charge in [-0.25, -0.2) is 4.79 Å². The summed E-state index contributed by atoms with van der Waals surface area (Å²) in [6.45, 7) is 0.440. The van der Waals surface area contributed by atoms with Gasteiger partial charge in [0.15, 0.2) is 0 Å². The van der Waals surface area contributed by atoms with Crippen molar-refractivity contribution in [3.05, 3.63) is 71.8 Å². The molecule has 0 fully saturated rings.